The summed E-state index contributed by atoms with van der Waals surface area (Å²) < 4.78 is 0. The molecule has 4 nitrogen and oxygen atoms in total. The molecular formula is C15H19NO3. The number of carbonyl (C=O) groups is 2. The maximum absolute atomic E-state index is 12.4. The third-order valence-corrected chi connectivity index (χ3v) is 3.53. The molecule has 1 heterocycles. The zero-order valence-electron chi connectivity index (χ0n) is 11.1. The molecule has 1 fully saturated rings. The molecule has 1 amide bonds. The number of piperidine rings is 1. The molecule has 19 heavy (non-hydrogen) atoms. The highest BCUT2D eigenvalue weighted by Gasteiger charge is 2.25. The SMILES string of the molecule is Cc1cccc(C(=O)N2CCCC(CC(=O)O)C2)c1. The van der Waals surface area contributed by atoms with Crippen molar-refractivity contribution in [1.82, 2.24) is 4.90 Å². The van der Waals surface area contributed by atoms with E-state index in [-0.39, 0.29) is 18.2 Å². The molecule has 0 bridgehead atoms. The highest BCUT2D eigenvalue weighted by Crippen LogP contribution is 2.21. The second-order valence-corrected chi connectivity index (χ2v) is 5.23. The van der Waals surface area contributed by atoms with Crippen molar-refractivity contribution in [3.8, 4) is 0 Å². The van der Waals surface area contributed by atoms with Crippen molar-refractivity contribution in [1.29, 1.82) is 0 Å². The molecule has 1 aromatic carbocycles. The van der Waals surface area contributed by atoms with Gasteiger partial charge in [0, 0.05) is 25.1 Å². The number of benzene rings is 1. The number of hydrogen-bond acceptors (Lipinski definition) is 2. The third kappa shape index (κ3) is 3.56. The molecular weight excluding hydrogens is 242 g/mol. The summed E-state index contributed by atoms with van der Waals surface area (Å²) in [6, 6.07) is 7.53. The maximum Gasteiger partial charge on any atom is 0.303 e. The normalized spacial score (nSPS) is 19.2. The van der Waals surface area contributed by atoms with Gasteiger partial charge >= 0.3 is 5.97 Å². The molecule has 0 spiro atoms. The van der Waals surface area contributed by atoms with Crippen molar-refractivity contribution in [2.24, 2.45) is 5.92 Å². The van der Waals surface area contributed by atoms with Gasteiger partial charge in [0.15, 0.2) is 0 Å². The van der Waals surface area contributed by atoms with Gasteiger partial charge in [-0.15, -0.1) is 0 Å². The molecule has 0 saturated carbocycles. The molecule has 2 rings (SSSR count). The van der Waals surface area contributed by atoms with Gasteiger partial charge in [0.05, 0.1) is 0 Å². The minimum absolute atomic E-state index is 0.0128. The van der Waals surface area contributed by atoms with Crippen LogP contribution in [0.3, 0.4) is 0 Å². The summed E-state index contributed by atoms with van der Waals surface area (Å²) in [5.41, 5.74) is 1.75. The number of carboxylic acids is 1. The molecule has 102 valence electrons. The lowest BCUT2D eigenvalue weighted by molar-refractivity contribution is -0.138. The Morgan fingerprint density at radius 1 is 1.42 bits per heavy atom. The van der Waals surface area contributed by atoms with Crippen LogP contribution in [-0.4, -0.2) is 35.0 Å². The predicted octanol–water partition coefficient (Wildman–Crippen LogP) is 2.32. The largest absolute Gasteiger partial charge is 0.481 e. The monoisotopic (exact) mass is 261 g/mol. The summed E-state index contributed by atoms with van der Waals surface area (Å²) >= 11 is 0. The quantitative estimate of drug-likeness (QED) is 0.908. The second kappa shape index (κ2) is 5.87. The van der Waals surface area contributed by atoms with Crippen LogP contribution in [0.2, 0.25) is 0 Å². The highest BCUT2D eigenvalue weighted by atomic mass is 16.4. The molecule has 0 aliphatic carbocycles. The van der Waals surface area contributed by atoms with Gasteiger partial charge in [-0.25, -0.2) is 0 Å². The number of amides is 1. The molecule has 1 saturated heterocycles. The molecule has 1 aliphatic heterocycles. The summed E-state index contributed by atoms with van der Waals surface area (Å²) in [5.74, 6) is -0.686. The zero-order chi connectivity index (χ0) is 13.8. The van der Waals surface area contributed by atoms with Crippen molar-refractivity contribution in [2.75, 3.05) is 13.1 Å². The van der Waals surface area contributed by atoms with Crippen LogP contribution in [0.15, 0.2) is 24.3 Å². The van der Waals surface area contributed by atoms with Gasteiger partial charge in [-0.1, -0.05) is 17.7 Å². The van der Waals surface area contributed by atoms with Crippen LogP contribution in [0.5, 0.6) is 0 Å². The first kappa shape index (κ1) is 13.6. The van der Waals surface area contributed by atoms with E-state index in [1.165, 1.54) is 0 Å². The van der Waals surface area contributed by atoms with Crippen LogP contribution < -0.4 is 0 Å². The summed E-state index contributed by atoms with van der Waals surface area (Å²) in [7, 11) is 0. The summed E-state index contributed by atoms with van der Waals surface area (Å²) in [5, 5.41) is 8.84. The van der Waals surface area contributed by atoms with Crippen molar-refractivity contribution >= 4 is 11.9 Å². The first-order valence-corrected chi connectivity index (χ1v) is 6.64. The second-order valence-electron chi connectivity index (χ2n) is 5.23. The number of rotatable bonds is 3. The van der Waals surface area contributed by atoms with Gasteiger partial charge < -0.3 is 10.0 Å². The first-order chi connectivity index (χ1) is 9.06. The Labute approximate surface area is 113 Å². The van der Waals surface area contributed by atoms with Gasteiger partial charge in [-0.3, -0.25) is 9.59 Å². The highest BCUT2D eigenvalue weighted by molar-refractivity contribution is 5.94. The minimum atomic E-state index is -0.783. The van der Waals surface area contributed by atoms with Gasteiger partial charge in [0.2, 0.25) is 0 Å². The molecule has 1 unspecified atom stereocenters. The number of carboxylic acid groups (broad SMARTS) is 1. The molecule has 1 aliphatic rings. The van der Waals surface area contributed by atoms with E-state index in [9.17, 15) is 9.59 Å². The van der Waals surface area contributed by atoms with Crippen LogP contribution in [0, 0.1) is 12.8 Å². The molecule has 0 radical (unpaired) electrons. The fourth-order valence-electron chi connectivity index (χ4n) is 2.62. The lowest BCUT2D eigenvalue weighted by Gasteiger charge is -2.32. The number of hydrogen-bond donors (Lipinski definition) is 1. The topological polar surface area (TPSA) is 57.6 Å². The third-order valence-electron chi connectivity index (χ3n) is 3.53. The van der Waals surface area contributed by atoms with Crippen LogP contribution in [0.25, 0.3) is 0 Å². The standard InChI is InChI=1S/C15H19NO3/c1-11-4-2-6-13(8-11)15(19)16-7-3-5-12(10-16)9-14(17)18/h2,4,6,8,12H,3,5,7,9-10H2,1H3,(H,17,18). The van der Waals surface area contributed by atoms with Gasteiger partial charge in [-0.05, 0) is 37.8 Å². The number of nitrogens with zero attached hydrogens (tertiary/aromatic N) is 1. The first-order valence-electron chi connectivity index (χ1n) is 6.64. The molecule has 4 heteroatoms. The summed E-state index contributed by atoms with van der Waals surface area (Å²) in [6.45, 7) is 3.24. The zero-order valence-corrected chi connectivity index (χ0v) is 11.1. The van der Waals surface area contributed by atoms with Crippen molar-refractivity contribution in [2.45, 2.75) is 26.2 Å². The van der Waals surface area contributed by atoms with Crippen molar-refractivity contribution < 1.29 is 14.7 Å². The van der Waals surface area contributed by atoms with E-state index < -0.39 is 5.97 Å². The average molecular weight is 261 g/mol. The summed E-state index contributed by atoms with van der Waals surface area (Å²) in [4.78, 5) is 24.9. The van der Waals surface area contributed by atoms with Crippen LogP contribution in [-0.2, 0) is 4.79 Å². The Morgan fingerprint density at radius 3 is 2.89 bits per heavy atom. The van der Waals surface area contributed by atoms with E-state index in [0.29, 0.717) is 12.1 Å². The average Bonchev–Trinajstić information content (AvgIpc) is 2.37. The van der Waals surface area contributed by atoms with E-state index in [1.54, 1.807) is 4.90 Å². The van der Waals surface area contributed by atoms with Crippen LogP contribution in [0.1, 0.15) is 35.2 Å². The lowest BCUT2D eigenvalue weighted by atomic mass is 9.94. The van der Waals surface area contributed by atoms with E-state index in [0.717, 1.165) is 24.9 Å². The minimum Gasteiger partial charge on any atom is -0.481 e. The predicted molar refractivity (Wildman–Crippen MR) is 72.1 cm³/mol. The Morgan fingerprint density at radius 2 is 2.21 bits per heavy atom. The van der Waals surface area contributed by atoms with Gasteiger partial charge in [0.25, 0.3) is 5.91 Å². The Hall–Kier alpha value is -1.84. The van der Waals surface area contributed by atoms with Crippen molar-refractivity contribution in [3.05, 3.63) is 35.4 Å². The number of likely N-dealkylation sites (tertiary alicyclic amines) is 1. The fourth-order valence-corrected chi connectivity index (χ4v) is 2.62. The maximum atomic E-state index is 12.4. The Balaban J connectivity index is 2.04. The molecule has 1 aromatic rings. The van der Waals surface area contributed by atoms with Gasteiger partial charge in [-0.2, -0.15) is 0 Å². The van der Waals surface area contributed by atoms with E-state index in [1.807, 2.05) is 31.2 Å². The van der Waals surface area contributed by atoms with E-state index in [2.05, 4.69) is 0 Å². The fraction of sp³-hybridized carbons (Fsp3) is 0.467. The smallest absolute Gasteiger partial charge is 0.303 e. The number of aliphatic carboxylic acids is 1. The lowest BCUT2D eigenvalue weighted by Crippen LogP contribution is -2.40. The molecule has 1 N–H and O–H groups in total. The van der Waals surface area contributed by atoms with Gasteiger partial charge in [0.1, 0.15) is 0 Å². The number of aryl methyl sites for hydroxylation is 1. The van der Waals surface area contributed by atoms with Crippen LogP contribution in [0.4, 0.5) is 0 Å². The summed E-state index contributed by atoms with van der Waals surface area (Å²) in [6.07, 6.45) is 1.93. The molecule has 0 aromatic heterocycles. The van der Waals surface area contributed by atoms with Crippen molar-refractivity contribution in [3.63, 3.8) is 0 Å². The number of carbonyl (C=O) groups excluding carboxylic acids is 1. The van der Waals surface area contributed by atoms with E-state index in [4.69, 9.17) is 5.11 Å². The molecule has 1 atom stereocenters. The van der Waals surface area contributed by atoms with E-state index >= 15 is 0 Å². The Kier molecular flexibility index (Phi) is 4.20. The Bertz CT molecular complexity index is 484. The van der Waals surface area contributed by atoms with Crippen LogP contribution >= 0.6 is 0 Å².